The Kier molecular flexibility index (Phi) is 4.16. The number of hydrogen-bond acceptors (Lipinski definition) is 3. The molecule has 2 heterocycles. The standard InChI is InChI=1S/C16H17ClFN3O/c1-21-5-3-10(6-15(21)22)9-20-14-2-4-19-16-12(14)7-11(17)8-13(16)18/h2,4,7-8,10H,3,5-6,9H2,1H3,(H,19,20). The molecule has 0 radical (unpaired) electrons. The zero-order valence-electron chi connectivity index (χ0n) is 12.3. The maximum absolute atomic E-state index is 13.9. The van der Waals surface area contributed by atoms with Crippen LogP contribution in [-0.4, -0.2) is 35.9 Å². The first-order chi connectivity index (χ1) is 10.5. The summed E-state index contributed by atoms with van der Waals surface area (Å²) in [6, 6.07) is 4.76. The number of nitrogens with one attached hydrogen (secondary N) is 1. The summed E-state index contributed by atoms with van der Waals surface area (Å²) in [5.41, 5.74) is 1.09. The van der Waals surface area contributed by atoms with Gasteiger partial charge in [-0.15, -0.1) is 0 Å². The van der Waals surface area contributed by atoms with Crippen LogP contribution in [0, 0.1) is 11.7 Å². The maximum Gasteiger partial charge on any atom is 0.222 e. The third kappa shape index (κ3) is 2.99. The molecule has 1 aromatic heterocycles. The van der Waals surface area contributed by atoms with Crippen LogP contribution in [0.3, 0.4) is 0 Å². The molecule has 1 aliphatic heterocycles. The van der Waals surface area contributed by atoms with E-state index in [4.69, 9.17) is 11.6 Å². The second-order valence-corrected chi connectivity index (χ2v) is 6.13. The zero-order chi connectivity index (χ0) is 15.7. The smallest absolute Gasteiger partial charge is 0.222 e. The number of amides is 1. The predicted octanol–water partition coefficient (Wildman–Crippen LogP) is 3.31. The molecule has 1 unspecified atom stereocenters. The van der Waals surface area contributed by atoms with E-state index in [-0.39, 0.29) is 11.8 Å². The van der Waals surface area contributed by atoms with Gasteiger partial charge in [0.15, 0.2) is 5.82 Å². The highest BCUT2D eigenvalue weighted by molar-refractivity contribution is 6.31. The van der Waals surface area contributed by atoms with Crippen LogP contribution < -0.4 is 5.32 Å². The van der Waals surface area contributed by atoms with Crippen molar-refractivity contribution in [1.82, 2.24) is 9.88 Å². The zero-order valence-corrected chi connectivity index (χ0v) is 13.0. The molecular formula is C16H17ClFN3O. The van der Waals surface area contributed by atoms with Crippen LogP contribution in [0.2, 0.25) is 5.02 Å². The lowest BCUT2D eigenvalue weighted by molar-refractivity contribution is -0.133. The van der Waals surface area contributed by atoms with Gasteiger partial charge in [0.25, 0.3) is 0 Å². The fourth-order valence-electron chi connectivity index (χ4n) is 2.77. The Morgan fingerprint density at radius 3 is 3.09 bits per heavy atom. The fourth-order valence-corrected chi connectivity index (χ4v) is 2.97. The summed E-state index contributed by atoms with van der Waals surface area (Å²) in [7, 11) is 1.83. The van der Waals surface area contributed by atoms with Gasteiger partial charge in [0, 0.05) is 48.9 Å². The van der Waals surface area contributed by atoms with Crippen LogP contribution in [0.25, 0.3) is 10.9 Å². The Morgan fingerprint density at radius 1 is 1.50 bits per heavy atom. The molecule has 22 heavy (non-hydrogen) atoms. The summed E-state index contributed by atoms with van der Waals surface area (Å²) in [4.78, 5) is 17.6. The highest BCUT2D eigenvalue weighted by Crippen LogP contribution is 2.28. The highest BCUT2D eigenvalue weighted by atomic mass is 35.5. The predicted molar refractivity (Wildman–Crippen MR) is 85.6 cm³/mol. The molecule has 3 rings (SSSR count). The first kappa shape index (κ1) is 15.0. The van der Waals surface area contributed by atoms with E-state index in [1.807, 2.05) is 7.05 Å². The first-order valence-corrected chi connectivity index (χ1v) is 7.64. The number of fused-ring (bicyclic) bond motifs is 1. The number of benzene rings is 1. The van der Waals surface area contributed by atoms with Crippen molar-refractivity contribution >= 4 is 34.1 Å². The SMILES string of the molecule is CN1CCC(CNc2ccnc3c(F)cc(Cl)cc23)CC1=O. The number of hydrogen-bond donors (Lipinski definition) is 1. The Morgan fingerprint density at radius 2 is 2.32 bits per heavy atom. The second kappa shape index (κ2) is 6.08. The monoisotopic (exact) mass is 321 g/mol. The van der Waals surface area contributed by atoms with Crippen molar-refractivity contribution in [2.24, 2.45) is 5.92 Å². The van der Waals surface area contributed by atoms with E-state index in [2.05, 4.69) is 10.3 Å². The second-order valence-electron chi connectivity index (χ2n) is 5.70. The number of halogens is 2. The lowest BCUT2D eigenvalue weighted by Gasteiger charge is -2.29. The molecule has 1 amide bonds. The van der Waals surface area contributed by atoms with Crippen LogP contribution in [0.5, 0.6) is 0 Å². The number of piperidine rings is 1. The molecule has 1 atom stereocenters. The van der Waals surface area contributed by atoms with Crippen LogP contribution in [0.4, 0.5) is 10.1 Å². The van der Waals surface area contributed by atoms with Crippen molar-refractivity contribution in [2.45, 2.75) is 12.8 Å². The molecule has 0 saturated carbocycles. The summed E-state index contributed by atoms with van der Waals surface area (Å²) >= 11 is 5.93. The van der Waals surface area contributed by atoms with Crippen LogP contribution in [0.15, 0.2) is 24.4 Å². The number of likely N-dealkylation sites (tertiary alicyclic amines) is 1. The van der Waals surface area contributed by atoms with Gasteiger partial charge in [-0.3, -0.25) is 9.78 Å². The fraction of sp³-hybridized carbons (Fsp3) is 0.375. The molecule has 1 saturated heterocycles. The number of carbonyl (C=O) groups excluding carboxylic acids is 1. The largest absolute Gasteiger partial charge is 0.384 e. The van der Waals surface area contributed by atoms with E-state index in [1.165, 1.54) is 6.07 Å². The van der Waals surface area contributed by atoms with E-state index in [0.29, 0.717) is 28.9 Å². The van der Waals surface area contributed by atoms with Gasteiger partial charge in [-0.05, 0) is 30.5 Å². The van der Waals surface area contributed by atoms with Crippen molar-refractivity contribution in [3.05, 3.63) is 35.2 Å². The molecular weight excluding hydrogens is 305 g/mol. The van der Waals surface area contributed by atoms with Gasteiger partial charge in [0.05, 0.1) is 0 Å². The molecule has 6 heteroatoms. The maximum atomic E-state index is 13.9. The van der Waals surface area contributed by atoms with Gasteiger partial charge in [-0.2, -0.15) is 0 Å². The number of rotatable bonds is 3. The van der Waals surface area contributed by atoms with Crippen LogP contribution >= 0.6 is 11.6 Å². The Bertz CT molecular complexity index is 722. The van der Waals surface area contributed by atoms with Crippen molar-refractivity contribution in [1.29, 1.82) is 0 Å². The van der Waals surface area contributed by atoms with Gasteiger partial charge in [-0.25, -0.2) is 4.39 Å². The molecule has 0 aliphatic carbocycles. The molecule has 116 valence electrons. The summed E-state index contributed by atoms with van der Waals surface area (Å²) in [6.45, 7) is 1.45. The Hall–Kier alpha value is -1.88. The topological polar surface area (TPSA) is 45.2 Å². The molecule has 0 bridgehead atoms. The third-order valence-electron chi connectivity index (χ3n) is 4.11. The average molecular weight is 322 g/mol. The number of carbonyl (C=O) groups is 1. The molecule has 1 aromatic carbocycles. The van der Waals surface area contributed by atoms with Gasteiger partial charge < -0.3 is 10.2 Å². The normalized spacial score (nSPS) is 18.8. The summed E-state index contributed by atoms with van der Waals surface area (Å²) < 4.78 is 13.9. The summed E-state index contributed by atoms with van der Waals surface area (Å²) in [5.74, 6) is 0.0308. The molecule has 1 N–H and O–H groups in total. The molecule has 1 fully saturated rings. The van der Waals surface area contributed by atoms with Crippen molar-refractivity contribution < 1.29 is 9.18 Å². The Labute approximate surface area is 133 Å². The number of anilines is 1. The average Bonchev–Trinajstić information content (AvgIpc) is 2.48. The van der Waals surface area contributed by atoms with Crippen molar-refractivity contribution in [2.75, 3.05) is 25.5 Å². The molecule has 0 spiro atoms. The minimum absolute atomic E-state index is 0.173. The van der Waals surface area contributed by atoms with Gasteiger partial charge in [-0.1, -0.05) is 11.6 Å². The van der Waals surface area contributed by atoms with Crippen LogP contribution in [0.1, 0.15) is 12.8 Å². The first-order valence-electron chi connectivity index (χ1n) is 7.26. The number of nitrogens with zero attached hydrogens (tertiary/aromatic N) is 2. The van der Waals surface area contributed by atoms with Crippen molar-refractivity contribution in [3.8, 4) is 0 Å². The van der Waals surface area contributed by atoms with Crippen LogP contribution in [-0.2, 0) is 4.79 Å². The molecule has 1 aliphatic rings. The highest BCUT2D eigenvalue weighted by Gasteiger charge is 2.23. The third-order valence-corrected chi connectivity index (χ3v) is 4.32. The van der Waals surface area contributed by atoms with E-state index >= 15 is 0 Å². The Balaban J connectivity index is 1.78. The summed E-state index contributed by atoms with van der Waals surface area (Å²) in [6.07, 6.45) is 3.08. The number of aromatic nitrogens is 1. The van der Waals surface area contributed by atoms with E-state index in [1.54, 1.807) is 23.2 Å². The minimum atomic E-state index is -0.430. The van der Waals surface area contributed by atoms with Gasteiger partial charge in [0.2, 0.25) is 5.91 Å². The quantitative estimate of drug-likeness (QED) is 0.943. The van der Waals surface area contributed by atoms with E-state index < -0.39 is 5.82 Å². The molecule has 2 aromatic rings. The summed E-state index contributed by atoms with van der Waals surface area (Å²) in [5, 5.41) is 4.31. The lowest BCUT2D eigenvalue weighted by Crippen LogP contribution is -2.37. The minimum Gasteiger partial charge on any atom is -0.384 e. The molecule has 4 nitrogen and oxygen atoms in total. The van der Waals surface area contributed by atoms with E-state index in [9.17, 15) is 9.18 Å². The van der Waals surface area contributed by atoms with E-state index in [0.717, 1.165) is 18.7 Å². The van der Waals surface area contributed by atoms with Gasteiger partial charge >= 0.3 is 0 Å². The van der Waals surface area contributed by atoms with Crippen molar-refractivity contribution in [3.63, 3.8) is 0 Å². The number of pyridine rings is 1. The van der Waals surface area contributed by atoms with Gasteiger partial charge in [0.1, 0.15) is 5.52 Å². The lowest BCUT2D eigenvalue weighted by atomic mass is 9.96.